The second kappa shape index (κ2) is 5.93. The summed E-state index contributed by atoms with van der Waals surface area (Å²) < 4.78 is 32.6. The van der Waals surface area contributed by atoms with Crippen LogP contribution in [-0.4, -0.2) is 60.3 Å². The van der Waals surface area contributed by atoms with Crippen molar-refractivity contribution in [2.45, 2.75) is 50.4 Å². The highest BCUT2D eigenvalue weighted by molar-refractivity contribution is 7.89. The number of hydrogen-bond acceptors (Lipinski definition) is 6. The first-order valence-electron chi connectivity index (χ1n) is 8.69. The van der Waals surface area contributed by atoms with Crippen LogP contribution in [-0.2, 0) is 21.2 Å². The fourth-order valence-corrected chi connectivity index (χ4v) is 5.63. The predicted octanol–water partition coefficient (Wildman–Crippen LogP) is 1.11. The highest BCUT2D eigenvalue weighted by Gasteiger charge is 2.47. The summed E-state index contributed by atoms with van der Waals surface area (Å²) in [7, 11) is -3.26. The zero-order valence-electron chi connectivity index (χ0n) is 14.2. The van der Waals surface area contributed by atoms with Crippen LogP contribution in [0.5, 0.6) is 0 Å². The van der Waals surface area contributed by atoms with Crippen LogP contribution in [0.4, 0.5) is 5.95 Å². The molecule has 1 aromatic rings. The summed E-state index contributed by atoms with van der Waals surface area (Å²) in [4.78, 5) is 11.5. The molecule has 2 saturated heterocycles. The van der Waals surface area contributed by atoms with Crippen LogP contribution in [0.15, 0.2) is 6.20 Å². The molecule has 0 aromatic carbocycles. The Hall–Kier alpha value is -1.25. The summed E-state index contributed by atoms with van der Waals surface area (Å²) in [6.07, 6.45) is 4.31. The van der Waals surface area contributed by atoms with Gasteiger partial charge in [-0.15, -0.1) is 0 Å². The highest BCUT2D eigenvalue weighted by atomic mass is 32.2. The van der Waals surface area contributed by atoms with Crippen LogP contribution < -0.4 is 4.90 Å². The lowest BCUT2D eigenvalue weighted by Gasteiger charge is -2.36. The van der Waals surface area contributed by atoms with E-state index in [2.05, 4.69) is 9.88 Å². The van der Waals surface area contributed by atoms with E-state index < -0.39 is 15.3 Å². The van der Waals surface area contributed by atoms with Crippen molar-refractivity contribution in [3.63, 3.8) is 0 Å². The van der Waals surface area contributed by atoms with Gasteiger partial charge in [-0.05, 0) is 26.7 Å². The molecule has 132 valence electrons. The number of fused-ring (bicyclic) bond motifs is 4. The van der Waals surface area contributed by atoms with Gasteiger partial charge in [-0.2, -0.15) is 4.31 Å². The van der Waals surface area contributed by atoms with Gasteiger partial charge in [0, 0.05) is 37.3 Å². The molecule has 2 atom stereocenters. The maximum Gasteiger partial charge on any atom is 0.225 e. The molecule has 24 heavy (non-hydrogen) atoms. The molecule has 0 aliphatic carbocycles. The van der Waals surface area contributed by atoms with E-state index in [9.17, 15) is 8.42 Å². The average molecular weight is 352 g/mol. The van der Waals surface area contributed by atoms with Crippen molar-refractivity contribution in [2.75, 3.05) is 31.2 Å². The van der Waals surface area contributed by atoms with E-state index in [0.717, 1.165) is 43.1 Å². The Balaban J connectivity index is 1.67. The van der Waals surface area contributed by atoms with Crippen LogP contribution in [0.2, 0.25) is 0 Å². The zero-order valence-corrected chi connectivity index (χ0v) is 15.0. The fraction of sp³-hybridized carbons (Fsp3) is 0.750. The molecule has 0 saturated carbocycles. The molecule has 0 N–H and O–H groups in total. The SMILES string of the molecule is CC(C)S(=O)(=O)N1C2CCC1c1cnc(N3CCOCC3)nc1C2. The summed E-state index contributed by atoms with van der Waals surface area (Å²) in [5.41, 5.74) is 2.01. The molecular weight excluding hydrogens is 328 g/mol. The van der Waals surface area contributed by atoms with E-state index in [1.807, 2.05) is 6.20 Å². The van der Waals surface area contributed by atoms with Crippen molar-refractivity contribution in [1.82, 2.24) is 14.3 Å². The van der Waals surface area contributed by atoms with Gasteiger partial charge < -0.3 is 9.64 Å². The number of nitrogens with zero attached hydrogens (tertiary/aromatic N) is 4. The molecular formula is C16H24N4O3S. The second-order valence-corrected chi connectivity index (χ2v) is 9.44. The number of ether oxygens (including phenoxy) is 1. The van der Waals surface area contributed by atoms with Crippen molar-refractivity contribution in [3.05, 3.63) is 17.5 Å². The Morgan fingerprint density at radius 3 is 2.71 bits per heavy atom. The largest absolute Gasteiger partial charge is 0.378 e. The number of morpholine rings is 1. The lowest BCUT2D eigenvalue weighted by molar-refractivity contribution is 0.122. The summed E-state index contributed by atoms with van der Waals surface area (Å²) in [6.45, 7) is 6.52. The molecule has 3 aliphatic heterocycles. The topological polar surface area (TPSA) is 75.6 Å². The standard InChI is InChI=1S/C16H24N4O3S/c1-11(2)24(21,22)20-12-3-4-15(20)13-10-17-16(18-14(13)9-12)19-5-7-23-8-6-19/h10-12,15H,3-9H2,1-2H3. The van der Waals surface area contributed by atoms with Gasteiger partial charge in [0.15, 0.2) is 0 Å². The van der Waals surface area contributed by atoms with E-state index in [0.29, 0.717) is 19.6 Å². The Morgan fingerprint density at radius 1 is 1.25 bits per heavy atom. The average Bonchev–Trinajstić information content (AvgIpc) is 2.91. The van der Waals surface area contributed by atoms with Crippen molar-refractivity contribution in [3.8, 4) is 0 Å². The third kappa shape index (κ3) is 2.51. The van der Waals surface area contributed by atoms with Gasteiger partial charge in [0.05, 0.1) is 30.2 Å². The van der Waals surface area contributed by atoms with Crippen molar-refractivity contribution < 1.29 is 13.2 Å². The molecule has 0 spiro atoms. The summed E-state index contributed by atoms with van der Waals surface area (Å²) in [6, 6.07) is -0.0489. The minimum Gasteiger partial charge on any atom is -0.378 e. The van der Waals surface area contributed by atoms with Gasteiger partial charge in [-0.3, -0.25) is 0 Å². The van der Waals surface area contributed by atoms with E-state index >= 15 is 0 Å². The third-order valence-electron chi connectivity index (χ3n) is 5.30. The Labute approximate surface area is 143 Å². The predicted molar refractivity (Wildman–Crippen MR) is 90.4 cm³/mol. The van der Waals surface area contributed by atoms with Crippen molar-refractivity contribution >= 4 is 16.0 Å². The van der Waals surface area contributed by atoms with Gasteiger partial charge >= 0.3 is 0 Å². The fourth-order valence-electron chi connectivity index (χ4n) is 3.97. The molecule has 0 amide bonds. The molecule has 0 radical (unpaired) electrons. The number of anilines is 1. The molecule has 2 bridgehead atoms. The maximum atomic E-state index is 12.7. The number of aromatic nitrogens is 2. The Kier molecular flexibility index (Phi) is 4.01. The number of rotatable bonds is 3. The summed E-state index contributed by atoms with van der Waals surface area (Å²) in [5.74, 6) is 0.747. The number of hydrogen-bond donors (Lipinski definition) is 0. The minimum absolute atomic E-state index is 0.0438. The summed E-state index contributed by atoms with van der Waals surface area (Å²) in [5, 5.41) is -0.393. The van der Waals surface area contributed by atoms with Gasteiger partial charge in [0.25, 0.3) is 0 Å². The maximum absolute atomic E-state index is 12.7. The molecule has 1 aromatic heterocycles. The van der Waals surface area contributed by atoms with Crippen LogP contribution >= 0.6 is 0 Å². The number of sulfonamides is 1. The van der Waals surface area contributed by atoms with Crippen molar-refractivity contribution in [2.24, 2.45) is 0 Å². The van der Waals surface area contributed by atoms with E-state index in [-0.39, 0.29) is 12.1 Å². The first-order valence-corrected chi connectivity index (χ1v) is 10.2. The first kappa shape index (κ1) is 16.2. The lowest BCUT2D eigenvalue weighted by Crippen LogP contribution is -2.45. The lowest BCUT2D eigenvalue weighted by atomic mass is 10.0. The Morgan fingerprint density at radius 2 is 2.00 bits per heavy atom. The molecule has 4 rings (SSSR count). The third-order valence-corrected chi connectivity index (χ3v) is 7.63. The molecule has 8 heteroatoms. The van der Waals surface area contributed by atoms with Crippen LogP contribution in [0.3, 0.4) is 0 Å². The summed E-state index contributed by atoms with van der Waals surface area (Å²) >= 11 is 0. The van der Waals surface area contributed by atoms with Gasteiger partial charge in [0.2, 0.25) is 16.0 Å². The van der Waals surface area contributed by atoms with E-state index in [1.165, 1.54) is 0 Å². The van der Waals surface area contributed by atoms with Crippen LogP contribution in [0, 0.1) is 0 Å². The smallest absolute Gasteiger partial charge is 0.225 e. The van der Waals surface area contributed by atoms with Crippen molar-refractivity contribution in [1.29, 1.82) is 0 Å². The Bertz CT molecular complexity index is 731. The van der Waals surface area contributed by atoms with Crippen LogP contribution in [0.25, 0.3) is 0 Å². The van der Waals surface area contributed by atoms with Gasteiger partial charge in [0.1, 0.15) is 0 Å². The van der Waals surface area contributed by atoms with Gasteiger partial charge in [-0.1, -0.05) is 0 Å². The second-order valence-electron chi connectivity index (χ2n) is 7.05. The molecule has 7 nitrogen and oxygen atoms in total. The van der Waals surface area contributed by atoms with E-state index in [1.54, 1.807) is 18.2 Å². The molecule has 2 fully saturated rings. The quantitative estimate of drug-likeness (QED) is 0.811. The normalized spacial score (nSPS) is 27.5. The van der Waals surface area contributed by atoms with Gasteiger partial charge in [-0.25, -0.2) is 18.4 Å². The minimum atomic E-state index is -3.26. The molecule has 3 aliphatic rings. The highest BCUT2D eigenvalue weighted by Crippen LogP contribution is 2.45. The van der Waals surface area contributed by atoms with Crippen LogP contribution in [0.1, 0.15) is 44.0 Å². The molecule has 4 heterocycles. The first-order chi connectivity index (χ1) is 11.5. The molecule has 2 unspecified atom stereocenters. The zero-order chi connectivity index (χ0) is 16.9. The monoisotopic (exact) mass is 352 g/mol. The van der Waals surface area contributed by atoms with E-state index in [4.69, 9.17) is 9.72 Å².